The van der Waals surface area contributed by atoms with E-state index < -0.39 is 0 Å². The summed E-state index contributed by atoms with van der Waals surface area (Å²) < 4.78 is 6.22. The van der Waals surface area contributed by atoms with Gasteiger partial charge in [-0.15, -0.1) is 0 Å². The summed E-state index contributed by atoms with van der Waals surface area (Å²) >= 11 is 0. The van der Waals surface area contributed by atoms with E-state index in [0.29, 0.717) is 11.8 Å². The van der Waals surface area contributed by atoms with Crippen LogP contribution < -0.4 is 0 Å². The predicted molar refractivity (Wildman–Crippen MR) is 117 cm³/mol. The number of fused-ring (bicyclic) bond motifs is 7. The van der Waals surface area contributed by atoms with Crippen molar-refractivity contribution < 1.29 is 4.42 Å². The second-order valence-electron chi connectivity index (χ2n) is 8.25. The Morgan fingerprint density at radius 3 is 1.41 bits per heavy atom. The molecule has 1 aromatic heterocycles. The fourth-order valence-corrected chi connectivity index (χ4v) is 4.18. The lowest BCUT2D eigenvalue weighted by atomic mass is 9.94. The van der Waals surface area contributed by atoms with Gasteiger partial charge in [-0.1, -0.05) is 76.2 Å². The first kappa shape index (κ1) is 16.4. The smallest absolute Gasteiger partial charge is 0.136 e. The van der Waals surface area contributed by atoms with Gasteiger partial charge in [-0.05, 0) is 56.6 Å². The molecule has 0 amide bonds. The van der Waals surface area contributed by atoms with E-state index in [2.05, 4.69) is 88.4 Å². The number of benzene rings is 4. The minimum absolute atomic E-state index is 0.529. The summed E-state index contributed by atoms with van der Waals surface area (Å²) in [6.07, 6.45) is 0. The molecular weight excluding hydrogens is 328 g/mol. The monoisotopic (exact) mass is 352 g/mol. The molecule has 0 unspecified atom stereocenters. The van der Waals surface area contributed by atoms with Crippen LogP contribution in [0.2, 0.25) is 0 Å². The van der Waals surface area contributed by atoms with Gasteiger partial charge in [0.25, 0.3) is 0 Å². The number of rotatable bonds is 2. The number of furan rings is 1. The van der Waals surface area contributed by atoms with Crippen LogP contribution in [0.5, 0.6) is 0 Å². The van der Waals surface area contributed by atoms with Crippen molar-refractivity contribution in [3.05, 3.63) is 71.8 Å². The van der Waals surface area contributed by atoms with Crippen LogP contribution in [-0.2, 0) is 0 Å². The molecule has 0 bridgehead atoms. The lowest BCUT2D eigenvalue weighted by molar-refractivity contribution is 0.669. The zero-order valence-corrected chi connectivity index (χ0v) is 16.3. The maximum atomic E-state index is 6.22. The van der Waals surface area contributed by atoms with Gasteiger partial charge in [-0.3, -0.25) is 0 Å². The van der Waals surface area contributed by atoms with Crippen molar-refractivity contribution in [2.75, 3.05) is 0 Å². The normalized spacial score (nSPS) is 12.4. The van der Waals surface area contributed by atoms with E-state index >= 15 is 0 Å². The molecule has 27 heavy (non-hydrogen) atoms. The molecule has 4 aromatic carbocycles. The van der Waals surface area contributed by atoms with Crippen molar-refractivity contribution >= 4 is 43.5 Å². The Morgan fingerprint density at radius 1 is 0.556 bits per heavy atom. The molecule has 134 valence electrons. The van der Waals surface area contributed by atoms with Crippen molar-refractivity contribution in [1.82, 2.24) is 0 Å². The molecular formula is C26H24O. The van der Waals surface area contributed by atoms with E-state index in [0.717, 1.165) is 11.2 Å². The Kier molecular flexibility index (Phi) is 3.55. The van der Waals surface area contributed by atoms with Crippen molar-refractivity contribution in [3.8, 4) is 0 Å². The van der Waals surface area contributed by atoms with E-state index in [4.69, 9.17) is 4.42 Å². The Balaban J connectivity index is 1.92. The first-order valence-electron chi connectivity index (χ1n) is 9.84. The zero-order chi connectivity index (χ0) is 18.7. The largest absolute Gasteiger partial charge is 0.456 e. The van der Waals surface area contributed by atoms with Crippen molar-refractivity contribution in [2.24, 2.45) is 0 Å². The zero-order valence-electron chi connectivity index (χ0n) is 16.3. The number of hydrogen-bond donors (Lipinski definition) is 0. The van der Waals surface area contributed by atoms with Gasteiger partial charge in [-0.25, -0.2) is 0 Å². The highest BCUT2D eigenvalue weighted by atomic mass is 16.3. The van der Waals surface area contributed by atoms with E-state index in [-0.39, 0.29) is 0 Å². The summed E-state index contributed by atoms with van der Waals surface area (Å²) in [5, 5.41) is 7.59. The van der Waals surface area contributed by atoms with Crippen LogP contribution >= 0.6 is 0 Å². The van der Waals surface area contributed by atoms with E-state index in [1.54, 1.807) is 0 Å². The first-order chi connectivity index (χ1) is 13.0. The van der Waals surface area contributed by atoms with E-state index in [1.165, 1.54) is 43.4 Å². The maximum absolute atomic E-state index is 6.22. The Hall–Kier alpha value is -2.80. The highest BCUT2D eigenvalue weighted by molar-refractivity contribution is 6.26. The molecule has 0 saturated carbocycles. The molecule has 5 aromatic rings. The molecule has 0 fully saturated rings. The van der Waals surface area contributed by atoms with Gasteiger partial charge >= 0.3 is 0 Å². The molecule has 0 saturated heterocycles. The average molecular weight is 352 g/mol. The van der Waals surface area contributed by atoms with Gasteiger partial charge in [0.05, 0.1) is 0 Å². The van der Waals surface area contributed by atoms with Crippen LogP contribution in [0, 0.1) is 0 Å². The van der Waals surface area contributed by atoms with Crippen molar-refractivity contribution in [2.45, 2.75) is 39.5 Å². The molecule has 1 nitrogen and oxygen atoms in total. The molecule has 5 rings (SSSR count). The summed E-state index contributed by atoms with van der Waals surface area (Å²) in [7, 11) is 0. The van der Waals surface area contributed by atoms with E-state index in [9.17, 15) is 0 Å². The second-order valence-corrected chi connectivity index (χ2v) is 8.25. The van der Waals surface area contributed by atoms with Crippen molar-refractivity contribution in [1.29, 1.82) is 0 Å². The Morgan fingerprint density at radius 2 is 1.00 bits per heavy atom. The molecule has 0 aliphatic carbocycles. The van der Waals surface area contributed by atoms with Crippen LogP contribution in [0.1, 0.15) is 50.7 Å². The molecule has 0 atom stereocenters. The standard InChI is InChI=1S/C26H24O/c1-15(2)17-5-9-21-19(13-17)7-11-23-25(21)26-22-10-6-18(16(3)4)14-20(22)8-12-24(26)27-23/h5-16H,1-4H3. The fourth-order valence-electron chi connectivity index (χ4n) is 4.18. The second kappa shape index (κ2) is 5.85. The third-order valence-corrected chi connectivity index (χ3v) is 5.81. The summed E-state index contributed by atoms with van der Waals surface area (Å²) in [5.74, 6) is 1.06. The summed E-state index contributed by atoms with van der Waals surface area (Å²) in [6.45, 7) is 8.97. The summed E-state index contributed by atoms with van der Waals surface area (Å²) in [5.41, 5.74) is 4.69. The molecule has 1 heteroatoms. The van der Waals surface area contributed by atoms with Crippen LogP contribution in [0.4, 0.5) is 0 Å². The molecule has 0 spiro atoms. The van der Waals surface area contributed by atoms with Gasteiger partial charge in [0, 0.05) is 10.8 Å². The number of hydrogen-bond acceptors (Lipinski definition) is 1. The highest BCUT2D eigenvalue weighted by Gasteiger charge is 2.14. The molecule has 0 aliphatic rings. The molecule has 1 heterocycles. The van der Waals surface area contributed by atoms with Gasteiger partial charge in [0.2, 0.25) is 0 Å². The van der Waals surface area contributed by atoms with Gasteiger partial charge in [0.1, 0.15) is 11.2 Å². The maximum Gasteiger partial charge on any atom is 0.136 e. The van der Waals surface area contributed by atoms with Crippen LogP contribution in [0.15, 0.2) is 65.1 Å². The van der Waals surface area contributed by atoms with E-state index in [1.807, 2.05) is 0 Å². The topological polar surface area (TPSA) is 13.1 Å². The summed E-state index contributed by atoms with van der Waals surface area (Å²) in [6, 6.07) is 22.3. The third kappa shape index (κ3) is 2.45. The van der Waals surface area contributed by atoms with Crippen LogP contribution in [0.3, 0.4) is 0 Å². The lowest BCUT2D eigenvalue weighted by Gasteiger charge is -2.09. The van der Waals surface area contributed by atoms with Gasteiger partial charge < -0.3 is 4.42 Å². The predicted octanol–water partition coefficient (Wildman–Crippen LogP) is 8.14. The minimum atomic E-state index is 0.529. The average Bonchev–Trinajstić information content (AvgIpc) is 3.06. The molecule has 0 radical (unpaired) electrons. The minimum Gasteiger partial charge on any atom is -0.456 e. The van der Waals surface area contributed by atoms with Crippen LogP contribution in [0.25, 0.3) is 43.5 Å². The SMILES string of the molecule is CC(C)c1ccc2c(ccc3oc4ccc5cc(C(C)C)ccc5c4c32)c1. The summed E-state index contributed by atoms with van der Waals surface area (Å²) in [4.78, 5) is 0. The first-order valence-corrected chi connectivity index (χ1v) is 9.84. The van der Waals surface area contributed by atoms with Crippen molar-refractivity contribution in [3.63, 3.8) is 0 Å². The lowest BCUT2D eigenvalue weighted by Crippen LogP contribution is -1.88. The van der Waals surface area contributed by atoms with Crippen LogP contribution in [-0.4, -0.2) is 0 Å². The Labute approximate surface area is 159 Å². The van der Waals surface area contributed by atoms with Gasteiger partial charge in [0.15, 0.2) is 0 Å². The van der Waals surface area contributed by atoms with Gasteiger partial charge in [-0.2, -0.15) is 0 Å². The third-order valence-electron chi connectivity index (χ3n) is 5.81. The highest BCUT2D eigenvalue weighted by Crippen LogP contribution is 2.39. The fraction of sp³-hybridized carbons (Fsp3) is 0.231. The molecule has 0 N–H and O–H groups in total. The Bertz CT molecular complexity index is 1220. The molecule has 0 aliphatic heterocycles. The quantitative estimate of drug-likeness (QED) is 0.312.